The minimum Gasteiger partial charge on any atom is -0.416 e. The molecule has 0 radical (unpaired) electrons. The van der Waals surface area contributed by atoms with E-state index in [4.69, 9.17) is 9.16 Å². The van der Waals surface area contributed by atoms with Crippen molar-refractivity contribution in [3.8, 4) is 0 Å². The van der Waals surface area contributed by atoms with Crippen LogP contribution in [0, 0.1) is 11.8 Å². The van der Waals surface area contributed by atoms with Crippen LogP contribution in [0.3, 0.4) is 0 Å². The SMILES string of the molecule is CC[C@H]1O[C@H]1[C@H](C)[C@@H](O)[C@H](C)CO[Si](C)(C)C(C)(C)C. The van der Waals surface area contributed by atoms with Gasteiger partial charge in [-0.3, -0.25) is 0 Å². The first-order chi connectivity index (χ1) is 9.01. The molecule has 0 aromatic heterocycles. The van der Waals surface area contributed by atoms with Crippen LogP contribution in [0.15, 0.2) is 0 Å². The van der Waals surface area contributed by atoms with Gasteiger partial charge in [-0.05, 0) is 24.6 Å². The molecular weight excluding hydrogens is 268 g/mol. The molecular formula is C16H34O3Si. The van der Waals surface area contributed by atoms with E-state index >= 15 is 0 Å². The van der Waals surface area contributed by atoms with Crippen LogP contribution >= 0.6 is 0 Å². The zero-order valence-corrected chi connectivity index (χ0v) is 15.6. The fraction of sp³-hybridized carbons (Fsp3) is 1.00. The topological polar surface area (TPSA) is 42.0 Å². The standard InChI is InChI=1S/C16H34O3Si/c1-9-13-15(19-13)12(3)14(17)11(2)10-18-20(7,8)16(4,5)6/h11-15,17H,9-10H2,1-8H3/t11-,12-,13-,14+,15+/m1/s1. The second-order valence-electron chi connectivity index (χ2n) is 7.95. The second-order valence-corrected chi connectivity index (χ2v) is 12.8. The van der Waals surface area contributed by atoms with Gasteiger partial charge < -0.3 is 14.3 Å². The fourth-order valence-electron chi connectivity index (χ4n) is 2.31. The molecule has 5 atom stereocenters. The van der Waals surface area contributed by atoms with Crippen molar-refractivity contribution in [2.75, 3.05) is 6.61 Å². The van der Waals surface area contributed by atoms with Gasteiger partial charge in [-0.1, -0.05) is 41.5 Å². The minimum atomic E-state index is -1.72. The van der Waals surface area contributed by atoms with Crippen LogP contribution in [0.1, 0.15) is 48.0 Å². The van der Waals surface area contributed by atoms with Crippen molar-refractivity contribution in [2.45, 2.75) is 84.4 Å². The summed E-state index contributed by atoms with van der Waals surface area (Å²) in [7, 11) is -1.72. The van der Waals surface area contributed by atoms with Crippen LogP contribution in [0.5, 0.6) is 0 Å². The van der Waals surface area contributed by atoms with E-state index in [0.717, 1.165) is 6.42 Å². The Morgan fingerprint density at radius 2 is 1.80 bits per heavy atom. The van der Waals surface area contributed by atoms with Crippen molar-refractivity contribution in [3.05, 3.63) is 0 Å². The predicted molar refractivity (Wildman–Crippen MR) is 86.4 cm³/mol. The number of aliphatic hydroxyl groups excluding tert-OH is 1. The number of epoxide rings is 1. The molecule has 0 saturated carbocycles. The Balaban J connectivity index is 2.44. The van der Waals surface area contributed by atoms with Gasteiger partial charge in [0.25, 0.3) is 0 Å². The van der Waals surface area contributed by atoms with Crippen LogP contribution in [0.25, 0.3) is 0 Å². The summed E-state index contributed by atoms with van der Waals surface area (Å²) in [5.41, 5.74) is 0. The normalized spacial score (nSPS) is 28.1. The molecule has 20 heavy (non-hydrogen) atoms. The van der Waals surface area contributed by atoms with Crippen molar-refractivity contribution in [3.63, 3.8) is 0 Å². The van der Waals surface area contributed by atoms with Crippen LogP contribution in [0.4, 0.5) is 0 Å². The molecule has 1 N–H and O–H groups in total. The highest BCUT2D eigenvalue weighted by molar-refractivity contribution is 6.74. The van der Waals surface area contributed by atoms with E-state index in [1.54, 1.807) is 0 Å². The van der Waals surface area contributed by atoms with E-state index in [2.05, 4.69) is 54.6 Å². The van der Waals surface area contributed by atoms with E-state index in [-0.39, 0.29) is 29.1 Å². The maximum Gasteiger partial charge on any atom is 0.191 e. The number of rotatable bonds is 7. The number of hydrogen-bond donors (Lipinski definition) is 1. The molecule has 0 bridgehead atoms. The molecule has 1 aliphatic heterocycles. The van der Waals surface area contributed by atoms with Crippen molar-refractivity contribution >= 4 is 8.32 Å². The van der Waals surface area contributed by atoms with E-state index < -0.39 is 8.32 Å². The highest BCUT2D eigenvalue weighted by atomic mass is 28.4. The molecule has 0 spiro atoms. The largest absolute Gasteiger partial charge is 0.416 e. The highest BCUT2D eigenvalue weighted by Crippen LogP contribution is 2.38. The maximum atomic E-state index is 10.5. The van der Waals surface area contributed by atoms with E-state index in [1.807, 2.05) is 0 Å². The number of ether oxygens (including phenoxy) is 1. The molecule has 0 amide bonds. The molecule has 0 aromatic carbocycles. The van der Waals surface area contributed by atoms with Crippen LogP contribution < -0.4 is 0 Å². The smallest absolute Gasteiger partial charge is 0.191 e. The molecule has 1 fully saturated rings. The Morgan fingerprint density at radius 1 is 1.25 bits per heavy atom. The van der Waals surface area contributed by atoms with Crippen LogP contribution in [0.2, 0.25) is 18.1 Å². The first-order valence-electron chi connectivity index (χ1n) is 7.98. The molecule has 0 aliphatic carbocycles. The van der Waals surface area contributed by atoms with Gasteiger partial charge in [-0.2, -0.15) is 0 Å². The van der Waals surface area contributed by atoms with Gasteiger partial charge in [-0.15, -0.1) is 0 Å². The summed E-state index contributed by atoms with van der Waals surface area (Å²) in [6.07, 6.45) is 1.29. The van der Waals surface area contributed by atoms with Crippen LogP contribution in [-0.2, 0) is 9.16 Å². The van der Waals surface area contributed by atoms with Crippen molar-refractivity contribution < 1.29 is 14.3 Å². The first kappa shape index (κ1) is 18.1. The van der Waals surface area contributed by atoms with Gasteiger partial charge in [0, 0.05) is 18.4 Å². The molecule has 1 rings (SSSR count). The lowest BCUT2D eigenvalue weighted by Crippen LogP contribution is -2.43. The summed E-state index contributed by atoms with van der Waals surface area (Å²) >= 11 is 0. The van der Waals surface area contributed by atoms with Gasteiger partial charge in [-0.25, -0.2) is 0 Å². The lowest BCUT2D eigenvalue weighted by Gasteiger charge is -2.37. The van der Waals surface area contributed by atoms with Crippen molar-refractivity contribution in [1.82, 2.24) is 0 Å². The summed E-state index contributed by atoms with van der Waals surface area (Å²) in [6, 6.07) is 0. The lowest BCUT2D eigenvalue weighted by atomic mass is 9.90. The monoisotopic (exact) mass is 302 g/mol. The highest BCUT2D eigenvalue weighted by Gasteiger charge is 2.45. The molecule has 4 heteroatoms. The minimum absolute atomic E-state index is 0.154. The molecule has 1 aliphatic rings. The zero-order chi connectivity index (χ0) is 15.7. The second kappa shape index (κ2) is 6.47. The molecule has 0 unspecified atom stereocenters. The number of aliphatic hydroxyl groups is 1. The summed E-state index contributed by atoms with van der Waals surface area (Å²) in [5, 5.41) is 10.7. The first-order valence-corrected chi connectivity index (χ1v) is 10.9. The summed E-state index contributed by atoms with van der Waals surface area (Å²) in [4.78, 5) is 0. The van der Waals surface area contributed by atoms with Gasteiger partial charge >= 0.3 is 0 Å². The van der Waals surface area contributed by atoms with E-state index in [9.17, 15) is 5.11 Å². The van der Waals surface area contributed by atoms with Crippen LogP contribution in [-0.4, -0.2) is 38.3 Å². The van der Waals surface area contributed by atoms with Gasteiger partial charge in [0.2, 0.25) is 0 Å². The number of hydrogen-bond acceptors (Lipinski definition) is 3. The Kier molecular flexibility index (Phi) is 5.87. The third kappa shape index (κ3) is 4.29. The Morgan fingerprint density at radius 3 is 2.20 bits per heavy atom. The molecule has 3 nitrogen and oxygen atoms in total. The van der Waals surface area contributed by atoms with Gasteiger partial charge in [0.15, 0.2) is 8.32 Å². The predicted octanol–water partition coefficient (Wildman–Crippen LogP) is 3.82. The van der Waals surface area contributed by atoms with Gasteiger partial charge in [0.05, 0.1) is 18.3 Å². The fourth-order valence-corrected chi connectivity index (χ4v) is 3.43. The summed E-state index contributed by atoms with van der Waals surface area (Å²) < 4.78 is 11.8. The Labute approximate surface area is 126 Å². The molecule has 0 aromatic rings. The quantitative estimate of drug-likeness (QED) is 0.574. The summed E-state index contributed by atoms with van der Waals surface area (Å²) in [5.74, 6) is 0.346. The van der Waals surface area contributed by atoms with Gasteiger partial charge in [0.1, 0.15) is 0 Å². The average Bonchev–Trinajstić information content (AvgIpc) is 3.12. The zero-order valence-electron chi connectivity index (χ0n) is 14.6. The van der Waals surface area contributed by atoms with Crippen molar-refractivity contribution in [2.24, 2.45) is 11.8 Å². The third-order valence-corrected chi connectivity index (χ3v) is 9.68. The summed E-state index contributed by atoms with van der Waals surface area (Å²) in [6.45, 7) is 18.2. The van der Waals surface area contributed by atoms with E-state index in [0.29, 0.717) is 12.7 Å². The molecule has 1 saturated heterocycles. The van der Waals surface area contributed by atoms with E-state index in [1.165, 1.54) is 0 Å². The Hall–Kier alpha value is 0.0969. The maximum absolute atomic E-state index is 10.5. The van der Waals surface area contributed by atoms with Crippen molar-refractivity contribution in [1.29, 1.82) is 0 Å². The lowest BCUT2D eigenvalue weighted by molar-refractivity contribution is 0.0293. The molecule has 120 valence electrons. The Bertz CT molecular complexity index is 311. The molecule has 1 heterocycles. The third-order valence-electron chi connectivity index (χ3n) is 5.18. The average molecular weight is 303 g/mol.